The lowest BCUT2D eigenvalue weighted by Gasteiger charge is -2.07. The minimum absolute atomic E-state index is 0.373. The largest absolute Gasteiger partial charge is 0.489 e. The highest BCUT2D eigenvalue weighted by Crippen LogP contribution is 2.18. The summed E-state index contributed by atoms with van der Waals surface area (Å²) in [5.41, 5.74) is 1.90. The fourth-order valence-corrected chi connectivity index (χ4v) is 2.83. The smallest absolute Gasteiger partial charge is 0.219 e. The second kappa shape index (κ2) is 8.24. The van der Waals surface area contributed by atoms with Crippen LogP contribution in [0, 0.1) is 4.77 Å². The van der Waals surface area contributed by atoms with Crippen LogP contribution >= 0.6 is 23.8 Å². The molecule has 0 bridgehead atoms. The highest BCUT2D eigenvalue weighted by atomic mass is 35.5. The van der Waals surface area contributed by atoms with E-state index >= 15 is 0 Å². The lowest BCUT2D eigenvalue weighted by Crippen LogP contribution is -1.97. The zero-order valence-corrected chi connectivity index (χ0v) is 16.2. The van der Waals surface area contributed by atoms with Gasteiger partial charge in [0.1, 0.15) is 12.4 Å². The van der Waals surface area contributed by atoms with Crippen LogP contribution in [0.1, 0.15) is 11.1 Å². The summed E-state index contributed by atoms with van der Waals surface area (Å²) >= 11 is 11.2. The number of H-pyrrole nitrogens is 1. The van der Waals surface area contributed by atoms with Gasteiger partial charge < -0.3 is 9.15 Å². The molecule has 6 nitrogen and oxygen atoms in total. The first-order valence-corrected chi connectivity index (χ1v) is 9.20. The van der Waals surface area contributed by atoms with E-state index in [1.165, 1.54) is 4.68 Å². The number of hydrogen-bond donors (Lipinski definition) is 1. The van der Waals surface area contributed by atoms with E-state index in [1.807, 2.05) is 48.5 Å². The second-order valence-electron chi connectivity index (χ2n) is 5.87. The van der Waals surface area contributed by atoms with Gasteiger partial charge in [0.25, 0.3) is 0 Å². The van der Waals surface area contributed by atoms with Crippen molar-refractivity contribution in [3.8, 4) is 17.3 Å². The van der Waals surface area contributed by atoms with Crippen molar-refractivity contribution in [1.82, 2.24) is 14.9 Å². The summed E-state index contributed by atoms with van der Waals surface area (Å²) in [7, 11) is 0. The van der Waals surface area contributed by atoms with Gasteiger partial charge in [0, 0.05) is 5.02 Å². The van der Waals surface area contributed by atoms with Gasteiger partial charge in [-0.25, -0.2) is 5.10 Å². The predicted octanol–water partition coefficient (Wildman–Crippen LogP) is 5.32. The Morgan fingerprint density at radius 2 is 2.04 bits per heavy atom. The van der Waals surface area contributed by atoms with E-state index in [4.69, 9.17) is 33.0 Å². The Morgan fingerprint density at radius 1 is 1.18 bits per heavy atom. The topological polar surface area (TPSA) is 68.3 Å². The molecule has 0 fully saturated rings. The SMILES string of the molecule is S=c1[nH]nc(-c2ccco2)n1/N=C\c1cccc(OCc2ccc(Cl)cc2)c1. The lowest BCUT2D eigenvalue weighted by atomic mass is 10.2. The fourth-order valence-electron chi connectivity index (χ4n) is 2.52. The number of ether oxygens (including phenoxy) is 1. The minimum atomic E-state index is 0.373. The van der Waals surface area contributed by atoms with E-state index in [-0.39, 0.29) is 0 Å². The Labute approximate surface area is 171 Å². The Balaban J connectivity index is 1.50. The highest BCUT2D eigenvalue weighted by Gasteiger charge is 2.10. The van der Waals surface area contributed by atoms with E-state index in [0.29, 0.717) is 28.0 Å². The van der Waals surface area contributed by atoms with Crippen LogP contribution in [-0.2, 0) is 6.61 Å². The fraction of sp³-hybridized carbons (Fsp3) is 0.0500. The van der Waals surface area contributed by atoms with Gasteiger partial charge in [-0.3, -0.25) is 0 Å². The Morgan fingerprint density at radius 3 is 2.82 bits per heavy atom. The van der Waals surface area contributed by atoms with E-state index in [2.05, 4.69) is 15.3 Å². The van der Waals surface area contributed by atoms with E-state index in [1.54, 1.807) is 24.6 Å². The normalized spacial score (nSPS) is 11.2. The molecule has 0 radical (unpaired) electrons. The molecule has 2 aromatic carbocycles. The number of halogens is 1. The standard InChI is InChI=1S/C20H15ClN4O2S/c21-16-8-6-14(7-9-16)13-27-17-4-1-3-15(11-17)12-22-25-19(23-24-20(25)28)18-5-2-10-26-18/h1-12H,13H2,(H,24,28)/b22-12-. The van der Waals surface area contributed by atoms with Gasteiger partial charge in [0.05, 0.1) is 12.5 Å². The summed E-state index contributed by atoms with van der Waals surface area (Å²) in [6.45, 7) is 0.452. The van der Waals surface area contributed by atoms with Crippen molar-refractivity contribution < 1.29 is 9.15 Å². The highest BCUT2D eigenvalue weighted by molar-refractivity contribution is 7.71. The monoisotopic (exact) mass is 410 g/mol. The van der Waals surface area contributed by atoms with Crippen LogP contribution in [-0.4, -0.2) is 21.1 Å². The second-order valence-corrected chi connectivity index (χ2v) is 6.70. The Kier molecular flexibility index (Phi) is 5.36. The summed E-state index contributed by atoms with van der Waals surface area (Å²) in [6.07, 6.45) is 3.26. The minimum Gasteiger partial charge on any atom is -0.489 e. The molecule has 0 atom stereocenters. The molecule has 4 aromatic rings. The number of benzene rings is 2. The molecule has 1 N–H and O–H groups in total. The molecule has 0 saturated heterocycles. The van der Waals surface area contributed by atoms with Crippen LogP contribution in [0.15, 0.2) is 76.4 Å². The van der Waals surface area contributed by atoms with Crippen molar-refractivity contribution in [3.05, 3.63) is 87.8 Å². The van der Waals surface area contributed by atoms with Crippen molar-refractivity contribution in [2.45, 2.75) is 6.61 Å². The molecule has 2 heterocycles. The average Bonchev–Trinajstić information content (AvgIpc) is 3.36. The summed E-state index contributed by atoms with van der Waals surface area (Å²) < 4.78 is 13.1. The lowest BCUT2D eigenvalue weighted by molar-refractivity contribution is 0.306. The van der Waals surface area contributed by atoms with Crippen LogP contribution in [0.5, 0.6) is 5.75 Å². The van der Waals surface area contributed by atoms with Crippen molar-refractivity contribution >= 4 is 30.0 Å². The summed E-state index contributed by atoms with van der Waals surface area (Å²) in [4.78, 5) is 0. The van der Waals surface area contributed by atoms with Crippen LogP contribution in [0.2, 0.25) is 5.02 Å². The molecule has 140 valence electrons. The number of hydrogen-bond acceptors (Lipinski definition) is 5. The van der Waals surface area contributed by atoms with Crippen molar-refractivity contribution in [2.75, 3.05) is 0 Å². The first-order valence-electron chi connectivity index (χ1n) is 8.42. The van der Waals surface area contributed by atoms with Gasteiger partial charge in [-0.15, -0.1) is 5.10 Å². The van der Waals surface area contributed by atoms with Crippen LogP contribution < -0.4 is 4.74 Å². The van der Waals surface area contributed by atoms with E-state index in [9.17, 15) is 0 Å². The maximum Gasteiger partial charge on any atom is 0.219 e. The number of nitrogens with one attached hydrogen (secondary N) is 1. The summed E-state index contributed by atoms with van der Waals surface area (Å²) in [6, 6.07) is 18.7. The van der Waals surface area contributed by atoms with Crippen LogP contribution in [0.4, 0.5) is 0 Å². The third-order valence-electron chi connectivity index (χ3n) is 3.89. The Bertz CT molecular complexity index is 1150. The predicted molar refractivity (Wildman–Crippen MR) is 110 cm³/mol. The third-order valence-corrected chi connectivity index (χ3v) is 4.41. The number of rotatable bonds is 6. The van der Waals surface area contributed by atoms with Crippen molar-refractivity contribution in [1.29, 1.82) is 0 Å². The maximum atomic E-state index is 5.90. The maximum absolute atomic E-state index is 5.90. The molecule has 2 aromatic heterocycles. The van der Waals surface area contributed by atoms with Crippen LogP contribution in [0.3, 0.4) is 0 Å². The first-order chi connectivity index (χ1) is 13.7. The van der Waals surface area contributed by atoms with Gasteiger partial charge in [-0.05, 0) is 59.7 Å². The molecule has 0 aliphatic carbocycles. The molecule has 0 aliphatic heterocycles. The number of aromatic amines is 1. The third kappa shape index (κ3) is 4.21. The number of aromatic nitrogens is 3. The van der Waals surface area contributed by atoms with Crippen LogP contribution in [0.25, 0.3) is 11.6 Å². The van der Waals surface area contributed by atoms with Gasteiger partial charge in [-0.1, -0.05) is 35.9 Å². The molecule has 4 rings (SSSR count). The molecule has 8 heteroatoms. The Hall–Kier alpha value is -3.16. The molecular weight excluding hydrogens is 396 g/mol. The zero-order chi connectivity index (χ0) is 19.3. The van der Waals surface area contributed by atoms with Gasteiger partial charge in [0.2, 0.25) is 10.6 Å². The first kappa shape index (κ1) is 18.2. The van der Waals surface area contributed by atoms with E-state index in [0.717, 1.165) is 16.9 Å². The quantitative estimate of drug-likeness (QED) is 0.345. The number of nitrogens with zero attached hydrogens (tertiary/aromatic N) is 3. The molecule has 28 heavy (non-hydrogen) atoms. The molecule has 0 unspecified atom stereocenters. The summed E-state index contributed by atoms with van der Waals surface area (Å²) in [5, 5.41) is 12.0. The molecule has 0 saturated carbocycles. The molecule has 0 aliphatic rings. The average molecular weight is 411 g/mol. The summed E-state index contributed by atoms with van der Waals surface area (Å²) in [5.74, 6) is 1.81. The van der Waals surface area contributed by atoms with Gasteiger partial charge in [-0.2, -0.15) is 9.78 Å². The van der Waals surface area contributed by atoms with Crippen molar-refractivity contribution in [3.63, 3.8) is 0 Å². The number of furan rings is 1. The van der Waals surface area contributed by atoms with E-state index < -0.39 is 0 Å². The molecule has 0 amide bonds. The molecular formula is C20H15ClN4O2S. The van der Waals surface area contributed by atoms with Gasteiger partial charge >= 0.3 is 0 Å². The van der Waals surface area contributed by atoms with Gasteiger partial charge in [0.15, 0.2) is 5.76 Å². The zero-order valence-electron chi connectivity index (χ0n) is 14.6. The molecule has 0 spiro atoms. The van der Waals surface area contributed by atoms with Crippen molar-refractivity contribution in [2.24, 2.45) is 5.10 Å².